The van der Waals surface area contributed by atoms with E-state index in [2.05, 4.69) is 60.5 Å². The zero-order valence-electron chi connectivity index (χ0n) is 10.1. The van der Waals surface area contributed by atoms with Crippen LogP contribution in [0.2, 0.25) is 0 Å². The normalized spacial score (nSPS) is 11.1. The van der Waals surface area contributed by atoms with E-state index in [0.717, 1.165) is 25.7 Å². The summed E-state index contributed by atoms with van der Waals surface area (Å²) in [4.78, 5) is 3.25. The van der Waals surface area contributed by atoms with Gasteiger partial charge < -0.3 is 4.98 Å². The number of halogens is 2. The fourth-order valence-corrected chi connectivity index (χ4v) is 3.18. The zero-order chi connectivity index (χ0) is 13.6. The number of aromatic amines is 1. The summed E-state index contributed by atoms with van der Waals surface area (Å²) in [5.41, 5.74) is 4.36. The average Bonchev–Trinajstić information content (AvgIpc) is 2.68. The van der Waals surface area contributed by atoms with Crippen LogP contribution >= 0.6 is 44.1 Å². The Labute approximate surface area is 132 Å². The van der Waals surface area contributed by atoms with Crippen molar-refractivity contribution in [2.45, 2.75) is 6.92 Å². The molecule has 0 amide bonds. The molecule has 0 aliphatic heterocycles. The van der Waals surface area contributed by atoms with Crippen molar-refractivity contribution in [1.29, 1.82) is 0 Å². The number of nitrogens with zero attached hydrogens (tertiary/aromatic N) is 1. The summed E-state index contributed by atoms with van der Waals surface area (Å²) in [5.74, 6) is 0. The highest BCUT2D eigenvalue weighted by Gasteiger charge is 2.10. The van der Waals surface area contributed by atoms with Crippen molar-refractivity contribution in [3.8, 4) is 5.69 Å². The van der Waals surface area contributed by atoms with Crippen LogP contribution in [0.1, 0.15) is 5.56 Å². The van der Waals surface area contributed by atoms with E-state index in [4.69, 9.17) is 12.2 Å². The molecule has 0 saturated carbocycles. The number of H-pyrrole nitrogens is 1. The van der Waals surface area contributed by atoms with E-state index in [1.165, 1.54) is 5.56 Å². The lowest BCUT2D eigenvalue weighted by Crippen LogP contribution is -1.97. The molecule has 2 nitrogen and oxygen atoms in total. The number of hydrogen-bond acceptors (Lipinski definition) is 1. The first-order valence-corrected chi connectivity index (χ1v) is 7.73. The highest BCUT2D eigenvalue weighted by Crippen LogP contribution is 2.27. The lowest BCUT2D eigenvalue weighted by molar-refractivity contribution is 1.05. The number of imidazole rings is 1. The van der Waals surface area contributed by atoms with Gasteiger partial charge >= 0.3 is 0 Å². The quantitative estimate of drug-likeness (QED) is 0.536. The van der Waals surface area contributed by atoms with Gasteiger partial charge in [-0.25, -0.2) is 0 Å². The molecule has 1 N–H and O–H groups in total. The Bertz CT molecular complexity index is 833. The SMILES string of the molecule is Cc1c(Br)cccc1-n1c(=S)[nH]c2cc(Br)ccc21. The summed E-state index contributed by atoms with van der Waals surface area (Å²) in [6, 6.07) is 12.3. The Balaban J connectivity index is 2.40. The third-order valence-electron chi connectivity index (χ3n) is 3.12. The molecule has 0 radical (unpaired) electrons. The highest BCUT2D eigenvalue weighted by molar-refractivity contribution is 9.10. The van der Waals surface area contributed by atoms with Gasteiger partial charge in [0.1, 0.15) is 0 Å². The van der Waals surface area contributed by atoms with E-state index < -0.39 is 0 Å². The zero-order valence-corrected chi connectivity index (χ0v) is 14.1. The molecule has 5 heteroatoms. The number of rotatable bonds is 1. The van der Waals surface area contributed by atoms with E-state index >= 15 is 0 Å². The van der Waals surface area contributed by atoms with Crippen LogP contribution in [0.5, 0.6) is 0 Å². The number of fused-ring (bicyclic) bond motifs is 1. The standard InChI is InChI=1S/C14H10Br2N2S/c1-8-10(16)3-2-4-12(8)18-13-6-5-9(15)7-11(13)17-14(18)19/h2-7H,1H3,(H,17,19). The largest absolute Gasteiger partial charge is 0.330 e. The maximum Gasteiger partial charge on any atom is 0.182 e. The van der Waals surface area contributed by atoms with Gasteiger partial charge in [0.15, 0.2) is 4.77 Å². The molecule has 1 heterocycles. The second-order valence-corrected chi connectivity index (χ2v) is 6.47. The molecule has 0 atom stereocenters. The summed E-state index contributed by atoms with van der Waals surface area (Å²) in [6.45, 7) is 2.08. The summed E-state index contributed by atoms with van der Waals surface area (Å²) in [7, 11) is 0. The smallest absolute Gasteiger partial charge is 0.182 e. The van der Waals surface area contributed by atoms with Crippen molar-refractivity contribution in [2.24, 2.45) is 0 Å². The number of hydrogen-bond donors (Lipinski definition) is 1. The first kappa shape index (κ1) is 13.1. The molecule has 96 valence electrons. The van der Waals surface area contributed by atoms with E-state index in [9.17, 15) is 0 Å². The number of nitrogens with one attached hydrogen (secondary N) is 1. The minimum absolute atomic E-state index is 0.703. The second-order valence-electron chi connectivity index (χ2n) is 4.31. The molecule has 2 aromatic carbocycles. The third-order valence-corrected chi connectivity index (χ3v) is 4.76. The van der Waals surface area contributed by atoms with Gasteiger partial charge in [0, 0.05) is 8.95 Å². The van der Waals surface area contributed by atoms with Gasteiger partial charge in [-0.3, -0.25) is 4.57 Å². The van der Waals surface area contributed by atoms with Crippen LogP contribution in [0, 0.1) is 11.7 Å². The highest BCUT2D eigenvalue weighted by atomic mass is 79.9. The summed E-state index contributed by atoms with van der Waals surface area (Å²) in [6.07, 6.45) is 0. The molecule has 19 heavy (non-hydrogen) atoms. The van der Waals surface area contributed by atoms with Crippen molar-refractivity contribution >= 4 is 55.1 Å². The van der Waals surface area contributed by atoms with Gasteiger partial charge in [-0.2, -0.15) is 0 Å². The molecule has 1 aromatic heterocycles. The van der Waals surface area contributed by atoms with Crippen molar-refractivity contribution < 1.29 is 0 Å². The van der Waals surface area contributed by atoms with Gasteiger partial charge in [-0.15, -0.1) is 0 Å². The number of benzene rings is 2. The lowest BCUT2D eigenvalue weighted by Gasteiger charge is -2.09. The first-order valence-electron chi connectivity index (χ1n) is 5.73. The lowest BCUT2D eigenvalue weighted by atomic mass is 10.2. The topological polar surface area (TPSA) is 20.7 Å². The molecule has 3 rings (SSSR count). The molecule has 0 spiro atoms. The number of aromatic nitrogens is 2. The van der Waals surface area contributed by atoms with Crippen molar-refractivity contribution in [3.05, 3.63) is 55.7 Å². The van der Waals surface area contributed by atoms with Gasteiger partial charge in [0.2, 0.25) is 0 Å². The predicted molar refractivity (Wildman–Crippen MR) is 88.6 cm³/mol. The Morgan fingerprint density at radius 1 is 1.16 bits per heavy atom. The summed E-state index contributed by atoms with van der Waals surface area (Å²) < 4.78 is 4.89. The minimum atomic E-state index is 0.703. The first-order chi connectivity index (χ1) is 9.08. The molecule has 0 aliphatic carbocycles. The molecule has 0 saturated heterocycles. The predicted octanol–water partition coefficient (Wildman–Crippen LogP) is 5.52. The third kappa shape index (κ3) is 2.20. The van der Waals surface area contributed by atoms with E-state index in [1.54, 1.807) is 0 Å². The summed E-state index contributed by atoms with van der Waals surface area (Å²) >= 11 is 12.5. The fraction of sp³-hybridized carbons (Fsp3) is 0.0714. The van der Waals surface area contributed by atoms with E-state index in [1.807, 2.05) is 24.3 Å². The Morgan fingerprint density at radius 3 is 2.74 bits per heavy atom. The molecule has 3 aromatic rings. The van der Waals surface area contributed by atoms with Gasteiger partial charge in [-0.05, 0) is 55.0 Å². The van der Waals surface area contributed by atoms with Crippen molar-refractivity contribution in [2.75, 3.05) is 0 Å². The van der Waals surface area contributed by atoms with Crippen LogP contribution in [-0.4, -0.2) is 9.55 Å². The molecule has 0 unspecified atom stereocenters. The van der Waals surface area contributed by atoms with Crippen LogP contribution in [0.4, 0.5) is 0 Å². The van der Waals surface area contributed by atoms with Crippen LogP contribution in [0.15, 0.2) is 45.3 Å². The van der Waals surface area contributed by atoms with Crippen LogP contribution in [0.25, 0.3) is 16.7 Å². The molecular formula is C14H10Br2N2S. The van der Waals surface area contributed by atoms with Gasteiger partial charge in [0.25, 0.3) is 0 Å². The monoisotopic (exact) mass is 396 g/mol. The van der Waals surface area contributed by atoms with Crippen LogP contribution in [-0.2, 0) is 0 Å². The minimum Gasteiger partial charge on any atom is -0.330 e. The Morgan fingerprint density at radius 2 is 1.95 bits per heavy atom. The van der Waals surface area contributed by atoms with Crippen LogP contribution < -0.4 is 0 Å². The maximum absolute atomic E-state index is 5.46. The van der Waals surface area contributed by atoms with Gasteiger partial charge in [-0.1, -0.05) is 37.9 Å². The molecule has 0 fully saturated rings. The molecule has 0 bridgehead atoms. The molecular weight excluding hydrogens is 388 g/mol. The molecule has 0 aliphatic rings. The summed E-state index contributed by atoms with van der Waals surface area (Å²) in [5, 5.41) is 0. The Kier molecular flexibility index (Phi) is 3.37. The Hall–Kier alpha value is -0.910. The fourth-order valence-electron chi connectivity index (χ4n) is 2.16. The maximum atomic E-state index is 5.46. The van der Waals surface area contributed by atoms with Crippen molar-refractivity contribution in [3.63, 3.8) is 0 Å². The van der Waals surface area contributed by atoms with E-state index in [-0.39, 0.29) is 0 Å². The average molecular weight is 398 g/mol. The van der Waals surface area contributed by atoms with E-state index in [0.29, 0.717) is 4.77 Å². The van der Waals surface area contributed by atoms with Crippen molar-refractivity contribution in [1.82, 2.24) is 9.55 Å². The van der Waals surface area contributed by atoms with Crippen LogP contribution in [0.3, 0.4) is 0 Å². The second kappa shape index (κ2) is 4.89. The van der Waals surface area contributed by atoms with Gasteiger partial charge in [0.05, 0.1) is 16.7 Å².